The smallest absolute Gasteiger partial charge is 0.138 e. The SMILES string of the molecule is CC(C)CSCc1nccc(CCl)n1. The van der Waals surface area contributed by atoms with E-state index in [0.717, 1.165) is 28.9 Å². The zero-order chi connectivity index (χ0) is 10.4. The van der Waals surface area contributed by atoms with E-state index in [2.05, 4.69) is 23.8 Å². The molecule has 0 radical (unpaired) electrons. The lowest BCUT2D eigenvalue weighted by Crippen LogP contribution is -1.97. The highest BCUT2D eigenvalue weighted by atomic mass is 35.5. The summed E-state index contributed by atoms with van der Waals surface area (Å²) in [4.78, 5) is 8.52. The van der Waals surface area contributed by atoms with Crippen LogP contribution in [0.2, 0.25) is 0 Å². The number of hydrogen-bond acceptors (Lipinski definition) is 3. The van der Waals surface area contributed by atoms with Gasteiger partial charge in [0.15, 0.2) is 0 Å². The Hall–Kier alpha value is -0.280. The molecule has 0 spiro atoms. The maximum Gasteiger partial charge on any atom is 0.138 e. The molecule has 0 unspecified atom stereocenters. The van der Waals surface area contributed by atoms with Crippen molar-refractivity contribution in [3.63, 3.8) is 0 Å². The summed E-state index contributed by atoms with van der Waals surface area (Å²) in [7, 11) is 0. The zero-order valence-corrected chi connectivity index (χ0v) is 10.1. The number of nitrogens with zero attached hydrogens (tertiary/aromatic N) is 2. The van der Waals surface area contributed by atoms with Gasteiger partial charge < -0.3 is 0 Å². The van der Waals surface area contributed by atoms with Crippen molar-refractivity contribution in [2.24, 2.45) is 5.92 Å². The zero-order valence-electron chi connectivity index (χ0n) is 8.53. The van der Waals surface area contributed by atoms with Gasteiger partial charge in [0, 0.05) is 6.20 Å². The summed E-state index contributed by atoms with van der Waals surface area (Å²) < 4.78 is 0. The normalized spacial score (nSPS) is 10.9. The second-order valence-electron chi connectivity index (χ2n) is 3.51. The maximum atomic E-state index is 5.69. The van der Waals surface area contributed by atoms with Crippen molar-refractivity contribution < 1.29 is 0 Å². The van der Waals surface area contributed by atoms with E-state index in [4.69, 9.17) is 11.6 Å². The van der Waals surface area contributed by atoms with Crippen LogP contribution >= 0.6 is 23.4 Å². The lowest BCUT2D eigenvalue weighted by molar-refractivity contribution is 0.749. The molecule has 4 heteroatoms. The number of aromatic nitrogens is 2. The molecule has 0 aliphatic heterocycles. The van der Waals surface area contributed by atoms with Crippen LogP contribution in [0.5, 0.6) is 0 Å². The fraction of sp³-hybridized carbons (Fsp3) is 0.600. The third-order valence-electron chi connectivity index (χ3n) is 1.58. The highest BCUT2D eigenvalue weighted by Crippen LogP contribution is 2.12. The molecule has 0 saturated carbocycles. The molecule has 14 heavy (non-hydrogen) atoms. The molecule has 2 nitrogen and oxygen atoms in total. The molecule has 78 valence electrons. The molecular weight excluding hydrogens is 216 g/mol. The number of thioether (sulfide) groups is 1. The lowest BCUT2D eigenvalue weighted by atomic mass is 10.3. The van der Waals surface area contributed by atoms with Crippen LogP contribution in [0.25, 0.3) is 0 Å². The minimum Gasteiger partial charge on any atom is -0.240 e. The van der Waals surface area contributed by atoms with Crippen molar-refractivity contribution in [3.8, 4) is 0 Å². The van der Waals surface area contributed by atoms with Crippen LogP contribution in [-0.4, -0.2) is 15.7 Å². The Labute approximate surface area is 94.5 Å². The standard InChI is InChI=1S/C10H15ClN2S/c1-8(2)6-14-7-10-12-4-3-9(5-11)13-10/h3-4,8H,5-7H2,1-2H3. The second kappa shape index (κ2) is 6.25. The quantitative estimate of drug-likeness (QED) is 0.727. The molecule has 0 N–H and O–H groups in total. The Bertz CT molecular complexity index is 279. The van der Waals surface area contributed by atoms with Crippen molar-refractivity contribution in [2.75, 3.05) is 5.75 Å². The van der Waals surface area contributed by atoms with Crippen LogP contribution in [-0.2, 0) is 11.6 Å². The van der Waals surface area contributed by atoms with Gasteiger partial charge in [-0.25, -0.2) is 9.97 Å². The average Bonchev–Trinajstić information content (AvgIpc) is 2.18. The van der Waals surface area contributed by atoms with Crippen LogP contribution in [0.4, 0.5) is 0 Å². The fourth-order valence-electron chi connectivity index (χ4n) is 0.971. The van der Waals surface area contributed by atoms with Gasteiger partial charge in [-0.15, -0.1) is 11.6 Å². The molecule has 0 aliphatic rings. The first-order valence-corrected chi connectivity index (χ1v) is 6.35. The molecule has 0 aliphatic carbocycles. The number of hydrogen-bond donors (Lipinski definition) is 0. The van der Waals surface area contributed by atoms with Crippen molar-refractivity contribution >= 4 is 23.4 Å². The van der Waals surface area contributed by atoms with E-state index in [-0.39, 0.29) is 0 Å². The first-order valence-electron chi connectivity index (χ1n) is 4.67. The highest BCUT2D eigenvalue weighted by molar-refractivity contribution is 7.98. The van der Waals surface area contributed by atoms with E-state index in [0.29, 0.717) is 5.88 Å². The Morgan fingerprint density at radius 3 is 2.93 bits per heavy atom. The molecule has 1 rings (SSSR count). The molecule has 0 bridgehead atoms. The van der Waals surface area contributed by atoms with Crippen molar-refractivity contribution in [1.82, 2.24) is 9.97 Å². The van der Waals surface area contributed by atoms with Gasteiger partial charge in [-0.05, 0) is 17.7 Å². The third kappa shape index (κ3) is 4.29. The van der Waals surface area contributed by atoms with Gasteiger partial charge >= 0.3 is 0 Å². The fourth-order valence-corrected chi connectivity index (χ4v) is 2.03. The van der Waals surface area contributed by atoms with Gasteiger partial charge in [0.25, 0.3) is 0 Å². The van der Waals surface area contributed by atoms with E-state index >= 15 is 0 Å². The molecule has 0 fully saturated rings. The number of rotatable bonds is 5. The monoisotopic (exact) mass is 230 g/mol. The first-order chi connectivity index (χ1) is 6.72. The summed E-state index contributed by atoms with van der Waals surface area (Å²) >= 11 is 7.55. The minimum absolute atomic E-state index is 0.463. The molecule has 1 heterocycles. The summed E-state index contributed by atoms with van der Waals surface area (Å²) in [5, 5.41) is 0. The van der Waals surface area contributed by atoms with Gasteiger partial charge in [0.05, 0.1) is 17.3 Å². The largest absolute Gasteiger partial charge is 0.240 e. The Morgan fingerprint density at radius 2 is 2.29 bits per heavy atom. The summed E-state index contributed by atoms with van der Waals surface area (Å²) in [6.07, 6.45) is 1.77. The molecule has 0 amide bonds. The molecule has 1 aromatic rings. The van der Waals surface area contributed by atoms with Crippen LogP contribution in [0, 0.1) is 5.92 Å². The van der Waals surface area contributed by atoms with E-state index in [1.807, 2.05) is 17.8 Å². The summed E-state index contributed by atoms with van der Waals surface area (Å²) in [6.45, 7) is 4.42. The number of halogens is 1. The Kier molecular flexibility index (Phi) is 5.26. The lowest BCUT2D eigenvalue weighted by Gasteiger charge is -2.04. The topological polar surface area (TPSA) is 25.8 Å². The van der Waals surface area contributed by atoms with Gasteiger partial charge in [0.1, 0.15) is 5.82 Å². The van der Waals surface area contributed by atoms with Crippen LogP contribution < -0.4 is 0 Å². The maximum absolute atomic E-state index is 5.69. The predicted molar refractivity (Wildman–Crippen MR) is 62.6 cm³/mol. The molecule has 0 saturated heterocycles. The average molecular weight is 231 g/mol. The summed E-state index contributed by atoms with van der Waals surface area (Å²) in [6, 6.07) is 1.85. The number of alkyl halides is 1. The van der Waals surface area contributed by atoms with Crippen LogP contribution in [0.3, 0.4) is 0 Å². The molecule has 1 aromatic heterocycles. The van der Waals surface area contributed by atoms with Crippen LogP contribution in [0.15, 0.2) is 12.3 Å². The third-order valence-corrected chi connectivity index (χ3v) is 3.22. The van der Waals surface area contributed by atoms with Gasteiger partial charge in [0.2, 0.25) is 0 Å². The summed E-state index contributed by atoms with van der Waals surface area (Å²) in [5.74, 6) is 4.09. The predicted octanol–water partition coefficient (Wildman–Crippen LogP) is 3.10. The minimum atomic E-state index is 0.463. The second-order valence-corrected chi connectivity index (χ2v) is 4.80. The first kappa shape index (κ1) is 11.8. The van der Waals surface area contributed by atoms with E-state index in [1.54, 1.807) is 6.20 Å². The van der Waals surface area contributed by atoms with Crippen molar-refractivity contribution in [3.05, 3.63) is 23.8 Å². The molecular formula is C10H15ClN2S. The van der Waals surface area contributed by atoms with Crippen LogP contribution in [0.1, 0.15) is 25.4 Å². The summed E-state index contributed by atoms with van der Waals surface area (Å²) in [5.41, 5.74) is 0.904. The van der Waals surface area contributed by atoms with Gasteiger partial charge in [-0.3, -0.25) is 0 Å². The Balaban J connectivity index is 2.42. The van der Waals surface area contributed by atoms with E-state index in [9.17, 15) is 0 Å². The highest BCUT2D eigenvalue weighted by Gasteiger charge is 2.00. The molecule has 0 aromatic carbocycles. The van der Waals surface area contributed by atoms with Gasteiger partial charge in [-0.1, -0.05) is 13.8 Å². The van der Waals surface area contributed by atoms with E-state index < -0.39 is 0 Å². The molecule has 0 atom stereocenters. The van der Waals surface area contributed by atoms with Gasteiger partial charge in [-0.2, -0.15) is 11.8 Å². The van der Waals surface area contributed by atoms with Crippen molar-refractivity contribution in [1.29, 1.82) is 0 Å². The van der Waals surface area contributed by atoms with E-state index in [1.165, 1.54) is 0 Å². The Morgan fingerprint density at radius 1 is 1.50 bits per heavy atom. The van der Waals surface area contributed by atoms with Crippen molar-refractivity contribution in [2.45, 2.75) is 25.5 Å².